The van der Waals surface area contributed by atoms with Crippen LogP contribution in [0.25, 0.3) is 0 Å². The first kappa shape index (κ1) is 14.5. The molecule has 0 fully saturated rings. The third-order valence-electron chi connectivity index (χ3n) is 2.54. The average Bonchev–Trinajstić information content (AvgIpc) is 2.84. The van der Waals surface area contributed by atoms with Gasteiger partial charge in [0.15, 0.2) is 5.82 Å². The van der Waals surface area contributed by atoms with E-state index in [9.17, 15) is 9.59 Å². The zero-order valence-corrected chi connectivity index (χ0v) is 11.7. The van der Waals surface area contributed by atoms with E-state index in [1.54, 1.807) is 31.3 Å². The number of pyridine rings is 1. The predicted molar refractivity (Wildman–Crippen MR) is 75.8 cm³/mol. The number of urea groups is 1. The summed E-state index contributed by atoms with van der Waals surface area (Å²) in [6, 6.07) is 4.59. The number of likely N-dealkylation sites (N-methyl/N-ethyl adjacent to an activating group) is 1. The molecule has 2 aromatic heterocycles. The molecule has 8 heteroatoms. The minimum Gasteiger partial charge on any atom is -0.360 e. The molecule has 0 saturated carbocycles. The van der Waals surface area contributed by atoms with E-state index in [0.29, 0.717) is 17.3 Å². The van der Waals surface area contributed by atoms with Gasteiger partial charge in [-0.1, -0.05) is 5.16 Å². The summed E-state index contributed by atoms with van der Waals surface area (Å²) in [6.45, 7) is 1.61. The maximum Gasteiger partial charge on any atom is 0.322 e. The number of aromatic nitrogens is 2. The molecule has 0 atom stereocenters. The summed E-state index contributed by atoms with van der Waals surface area (Å²) < 4.78 is 4.83. The molecule has 0 bridgehead atoms. The van der Waals surface area contributed by atoms with Crippen molar-refractivity contribution in [3.8, 4) is 0 Å². The van der Waals surface area contributed by atoms with Gasteiger partial charge in [0.1, 0.15) is 12.3 Å². The zero-order chi connectivity index (χ0) is 15.2. The highest BCUT2D eigenvalue weighted by molar-refractivity contribution is 5.96. The van der Waals surface area contributed by atoms with Crippen molar-refractivity contribution >= 4 is 23.4 Å². The summed E-state index contributed by atoms with van der Waals surface area (Å²) >= 11 is 0. The largest absolute Gasteiger partial charge is 0.360 e. The van der Waals surface area contributed by atoms with E-state index in [2.05, 4.69) is 20.8 Å². The van der Waals surface area contributed by atoms with Crippen LogP contribution in [0.5, 0.6) is 0 Å². The van der Waals surface area contributed by atoms with Crippen LogP contribution in [0.3, 0.4) is 0 Å². The normalized spacial score (nSPS) is 10.0. The van der Waals surface area contributed by atoms with E-state index in [4.69, 9.17) is 4.52 Å². The lowest BCUT2D eigenvalue weighted by molar-refractivity contribution is -0.116. The Morgan fingerprint density at radius 3 is 2.81 bits per heavy atom. The lowest BCUT2D eigenvalue weighted by Crippen LogP contribution is -2.37. The predicted octanol–water partition coefficient (Wildman–Crippen LogP) is 1.48. The van der Waals surface area contributed by atoms with Crippen molar-refractivity contribution in [3.63, 3.8) is 0 Å². The molecular weight excluding hydrogens is 274 g/mol. The summed E-state index contributed by atoms with van der Waals surface area (Å²) in [7, 11) is 1.51. The van der Waals surface area contributed by atoms with Crippen molar-refractivity contribution in [2.75, 3.05) is 24.2 Å². The molecule has 2 N–H and O–H groups in total. The number of aryl methyl sites for hydroxylation is 1. The van der Waals surface area contributed by atoms with E-state index >= 15 is 0 Å². The fraction of sp³-hybridized carbons (Fsp3) is 0.231. The Morgan fingerprint density at radius 2 is 2.19 bits per heavy atom. The Balaban J connectivity index is 1.84. The molecule has 21 heavy (non-hydrogen) atoms. The number of carbonyl (C=O) groups excluding carboxylic acids is 2. The van der Waals surface area contributed by atoms with E-state index in [0.717, 1.165) is 0 Å². The molecule has 2 rings (SSSR count). The second-order valence-corrected chi connectivity index (χ2v) is 4.40. The number of hydrogen-bond acceptors (Lipinski definition) is 5. The number of nitrogens with zero attached hydrogens (tertiary/aromatic N) is 3. The molecule has 0 saturated heterocycles. The van der Waals surface area contributed by atoms with E-state index in [1.165, 1.54) is 18.1 Å². The average molecular weight is 289 g/mol. The van der Waals surface area contributed by atoms with Crippen molar-refractivity contribution in [3.05, 3.63) is 36.4 Å². The minimum absolute atomic E-state index is 0.113. The van der Waals surface area contributed by atoms with Gasteiger partial charge in [-0.25, -0.2) is 4.79 Å². The molecular formula is C13H15N5O3. The van der Waals surface area contributed by atoms with Crippen molar-refractivity contribution in [1.29, 1.82) is 0 Å². The maximum absolute atomic E-state index is 11.9. The topological polar surface area (TPSA) is 100 Å². The second kappa shape index (κ2) is 6.51. The lowest BCUT2D eigenvalue weighted by Gasteiger charge is -2.16. The summed E-state index contributed by atoms with van der Waals surface area (Å²) in [5, 5.41) is 8.80. The van der Waals surface area contributed by atoms with Gasteiger partial charge in [-0.3, -0.25) is 9.78 Å². The van der Waals surface area contributed by atoms with Crippen LogP contribution in [0.4, 0.5) is 16.3 Å². The number of nitrogens with one attached hydrogen (secondary N) is 2. The first-order chi connectivity index (χ1) is 10.0. The van der Waals surface area contributed by atoms with E-state index in [-0.39, 0.29) is 12.5 Å². The van der Waals surface area contributed by atoms with Crippen LogP contribution < -0.4 is 10.6 Å². The smallest absolute Gasteiger partial charge is 0.322 e. The van der Waals surface area contributed by atoms with Gasteiger partial charge in [0.05, 0.1) is 11.9 Å². The van der Waals surface area contributed by atoms with Crippen molar-refractivity contribution < 1.29 is 14.1 Å². The SMILES string of the molecule is Cc1cc(NC(=O)CN(C)C(=O)Nc2cccnc2)no1. The monoisotopic (exact) mass is 289 g/mol. The van der Waals surface area contributed by atoms with Crippen LogP contribution in [0.15, 0.2) is 35.1 Å². The van der Waals surface area contributed by atoms with Crippen molar-refractivity contribution in [2.45, 2.75) is 6.92 Å². The summed E-state index contributed by atoms with van der Waals surface area (Å²) in [4.78, 5) is 28.8. The molecule has 2 aromatic rings. The molecule has 0 aliphatic heterocycles. The van der Waals surface area contributed by atoms with Crippen molar-refractivity contribution in [1.82, 2.24) is 15.0 Å². The van der Waals surface area contributed by atoms with Gasteiger partial charge in [-0.05, 0) is 19.1 Å². The van der Waals surface area contributed by atoms with E-state index < -0.39 is 6.03 Å². The highest BCUT2D eigenvalue weighted by Crippen LogP contribution is 2.07. The first-order valence-corrected chi connectivity index (χ1v) is 6.20. The van der Waals surface area contributed by atoms with Crippen LogP contribution in [-0.2, 0) is 4.79 Å². The zero-order valence-electron chi connectivity index (χ0n) is 11.7. The Kier molecular flexibility index (Phi) is 4.50. The molecule has 0 aliphatic carbocycles. The van der Waals surface area contributed by atoms with Crippen LogP contribution in [0.1, 0.15) is 5.76 Å². The quantitative estimate of drug-likeness (QED) is 0.888. The van der Waals surface area contributed by atoms with Gasteiger partial charge in [-0.2, -0.15) is 0 Å². The standard InChI is InChI=1S/C13H15N5O3/c1-9-6-11(17-21-9)16-12(19)8-18(2)13(20)15-10-4-3-5-14-7-10/h3-7H,8H2,1-2H3,(H,15,20)(H,16,17,19). The van der Waals surface area contributed by atoms with Crippen LogP contribution >= 0.6 is 0 Å². The van der Waals surface area contributed by atoms with Crippen molar-refractivity contribution in [2.24, 2.45) is 0 Å². The molecule has 2 heterocycles. The number of hydrogen-bond donors (Lipinski definition) is 2. The third kappa shape index (κ3) is 4.30. The highest BCUT2D eigenvalue weighted by Gasteiger charge is 2.14. The molecule has 0 spiro atoms. The van der Waals surface area contributed by atoms with Gasteiger partial charge in [-0.15, -0.1) is 0 Å². The molecule has 0 aliphatic rings. The van der Waals surface area contributed by atoms with Gasteiger partial charge >= 0.3 is 6.03 Å². The van der Waals surface area contributed by atoms with Gasteiger partial charge < -0.3 is 20.1 Å². The lowest BCUT2D eigenvalue weighted by atomic mass is 10.4. The maximum atomic E-state index is 11.9. The first-order valence-electron chi connectivity index (χ1n) is 6.20. The minimum atomic E-state index is -0.408. The third-order valence-corrected chi connectivity index (χ3v) is 2.54. The number of amides is 3. The van der Waals surface area contributed by atoms with Gasteiger partial charge in [0, 0.05) is 19.3 Å². The Morgan fingerprint density at radius 1 is 1.38 bits per heavy atom. The fourth-order valence-corrected chi connectivity index (χ4v) is 1.55. The molecule has 0 aromatic carbocycles. The summed E-state index contributed by atoms with van der Waals surface area (Å²) in [5.74, 6) is 0.540. The molecule has 3 amide bonds. The highest BCUT2D eigenvalue weighted by atomic mass is 16.5. The van der Waals surface area contributed by atoms with Crippen LogP contribution in [0, 0.1) is 6.92 Å². The number of rotatable bonds is 4. The van der Waals surface area contributed by atoms with Crippen LogP contribution in [-0.4, -0.2) is 40.6 Å². The Labute approximate surface area is 121 Å². The summed E-state index contributed by atoms with van der Waals surface area (Å²) in [5.41, 5.74) is 0.557. The van der Waals surface area contributed by atoms with E-state index in [1.807, 2.05) is 0 Å². The Hall–Kier alpha value is -2.90. The number of carbonyl (C=O) groups is 2. The molecule has 0 unspecified atom stereocenters. The molecule has 110 valence electrons. The molecule has 0 radical (unpaired) electrons. The van der Waals surface area contributed by atoms with Gasteiger partial charge in [0.2, 0.25) is 5.91 Å². The Bertz CT molecular complexity index is 626. The molecule has 8 nitrogen and oxygen atoms in total. The summed E-state index contributed by atoms with van der Waals surface area (Å²) in [6.07, 6.45) is 3.12. The van der Waals surface area contributed by atoms with Gasteiger partial charge in [0.25, 0.3) is 0 Å². The second-order valence-electron chi connectivity index (χ2n) is 4.40. The fourth-order valence-electron chi connectivity index (χ4n) is 1.55. The van der Waals surface area contributed by atoms with Crippen LogP contribution in [0.2, 0.25) is 0 Å². The number of anilines is 2.